The lowest BCUT2D eigenvalue weighted by Crippen LogP contribution is -2.58. The van der Waals surface area contributed by atoms with Crippen molar-refractivity contribution in [1.82, 2.24) is 10.2 Å². The van der Waals surface area contributed by atoms with Crippen LogP contribution in [-0.4, -0.2) is 36.9 Å². The largest absolute Gasteiger partial charge is 0.496 e. The summed E-state index contributed by atoms with van der Waals surface area (Å²) < 4.78 is 5.43. The smallest absolute Gasteiger partial charge is 0.245 e. The quantitative estimate of drug-likeness (QED) is 0.736. The molecule has 4 bridgehead atoms. The first kappa shape index (κ1) is 21.2. The number of hydrogen-bond donors (Lipinski definition) is 1. The third kappa shape index (κ3) is 3.95. The molecule has 0 radical (unpaired) electrons. The third-order valence-electron chi connectivity index (χ3n) is 7.72. The Morgan fingerprint density at radius 2 is 1.67 bits per heavy atom. The molecule has 0 unspecified atom stereocenters. The van der Waals surface area contributed by atoms with Crippen molar-refractivity contribution < 1.29 is 14.3 Å². The lowest BCUT2D eigenvalue weighted by Gasteiger charge is -2.56. The van der Waals surface area contributed by atoms with E-state index in [0.717, 1.165) is 30.6 Å². The van der Waals surface area contributed by atoms with E-state index in [2.05, 4.69) is 5.32 Å². The highest BCUT2D eigenvalue weighted by Gasteiger charge is 2.55. The molecule has 4 aliphatic carbocycles. The van der Waals surface area contributed by atoms with Crippen molar-refractivity contribution in [1.29, 1.82) is 0 Å². The number of rotatable bonds is 7. The van der Waals surface area contributed by atoms with Crippen molar-refractivity contribution in [2.45, 2.75) is 65.0 Å². The molecule has 0 aliphatic heterocycles. The van der Waals surface area contributed by atoms with E-state index in [9.17, 15) is 9.59 Å². The van der Waals surface area contributed by atoms with Crippen LogP contribution < -0.4 is 10.1 Å². The van der Waals surface area contributed by atoms with Gasteiger partial charge in [0.25, 0.3) is 0 Å². The van der Waals surface area contributed by atoms with Crippen LogP contribution in [0.3, 0.4) is 0 Å². The molecule has 5 heteroatoms. The molecular weight excluding hydrogens is 376 g/mol. The number of ether oxygens (including phenoxy) is 1. The van der Waals surface area contributed by atoms with Gasteiger partial charge in [0, 0.05) is 24.6 Å². The summed E-state index contributed by atoms with van der Waals surface area (Å²) in [5, 5.41) is 3.21. The van der Waals surface area contributed by atoms with Crippen molar-refractivity contribution in [3.63, 3.8) is 0 Å². The molecule has 4 fully saturated rings. The molecule has 1 aromatic rings. The van der Waals surface area contributed by atoms with Gasteiger partial charge in [-0.1, -0.05) is 32.0 Å². The number of nitrogens with one attached hydrogen (secondary N) is 1. The van der Waals surface area contributed by atoms with Gasteiger partial charge >= 0.3 is 0 Å². The highest BCUT2D eigenvalue weighted by Crippen LogP contribution is 2.60. The van der Waals surface area contributed by atoms with Gasteiger partial charge in [-0.3, -0.25) is 9.59 Å². The van der Waals surface area contributed by atoms with Gasteiger partial charge in [-0.25, -0.2) is 0 Å². The summed E-state index contributed by atoms with van der Waals surface area (Å²) in [6.07, 6.45) is 6.96. The second kappa shape index (κ2) is 8.24. The van der Waals surface area contributed by atoms with Crippen molar-refractivity contribution >= 4 is 11.8 Å². The minimum Gasteiger partial charge on any atom is -0.496 e. The number of likely N-dealkylation sites (N-methyl/N-ethyl adjacent to an activating group) is 1. The van der Waals surface area contributed by atoms with Gasteiger partial charge in [0.1, 0.15) is 11.8 Å². The second-order valence-corrected chi connectivity index (χ2v) is 10.4. The number of carbonyl (C=O) groups excluding carboxylic acids is 2. The lowest BCUT2D eigenvalue weighted by atomic mass is 9.49. The Balaban J connectivity index is 1.46. The van der Waals surface area contributed by atoms with E-state index in [1.807, 2.05) is 38.1 Å². The van der Waals surface area contributed by atoms with Crippen LogP contribution in [0.5, 0.6) is 5.75 Å². The topological polar surface area (TPSA) is 58.6 Å². The monoisotopic (exact) mass is 412 g/mol. The summed E-state index contributed by atoms with van der Waals surface area (Å²) in [5.41, 5.74) is 0.731. The van der Waals surface area contributed by atoms with Crippen LogP contribution in [0.2, 0.25) is 0 Å². The molecule has 1 aromatic carbocycles. The summed E-state index contributed by atoms with van der Waals surface area (Å²) in [4.78, 5) is 28.5. The van der Waals surface area contributed by atoms with Crippen LogP contribution in [0, 0.1) is 29.1 Å². The van der Waals surface area contributed by atoms with Gasteiger partial charge < -0.3 is 15.0 Å². The number of para-hydroxylation sites is 1. The Morgan fingerprint density at radius 1 is 1.10 bits per heavy atom. The first-order chi connectivity index (χ1) is 14.3. The van der Waals surface area contributed by atoms with Gasteiger partial charge in [-0.15, -0.1) is 0 Å². The van der Waals surface area contributed by atoms with Crippen molar-refractivity contribution in [3.05, 3.63) is 29.8 Å². The fourth-order valence-corrected chi connectivity index (χ4v) is 6.60. The van der Waals surface area contributed by atoms with Gasteiger partial charge in [-0.2, -0.15) is 0 Å². The van der Waals surface area contributed by atoms with E-state index in [-0.39, 0.29) is 23.1 Å². The van der Waals surface area contributed by atoms with E-state index < -0.39 is 6.04 Å². The minimum absolute atomic E-state index is 0.0333. The van der Waals surface area contributed by atoms with Crippen LogP contribution in [0.1, 0.15) is 57.9 Å². The molecule has 1 N–H and O–H groups in total. The standard InChI is InChI=1S/C25H36N2O3/c1-16(2)22(23(28)27(3)15-20-7-5-6-8-21(20)30-4)26-24(29)25-12-17-9-18(13-25)11-19(10-17)14-25/h5-8,16-19,22H,9-15H2,1-4H3,(H,26,29)/t17?,18?,19?,22-,25?/m1/s1. The molecule has 1 atom stereocenters. The van der Waals surface area contributed by atoms with Crippen LogP contribution >= 0.6 is 0 Å². The summed E-state index contributed by atoms with van der Waals surface area (Å²) in [7, 11) is 3.45. The summed E-state index contributed by atoms with van der Waals surface area (Å²) in [6, 6.07) is 7.26. The van der Waals surface area contributed by atoms with Crippen molar-refractivity contribution in [2.24, 2.45) is 29.1 Å². The number of carbonyl (C=O) groups is 2. The lowest BCUT2D eigenvalue weighted by molar-refractivity contribution is -0.150. The maximum Gasteiger partial charge on any atom is 0.245 e. The van der Waals surface area contributed by atoms with Gasteiger partial charge in [0.2, 0.25) is 11.8 Å². The Bertz CT molecular complexity index is 768. The van der Waals surface area contributed by atoms with Gasteiger partial charge in [0.15, 0.2) is 0 Å². The molecule has 5 nitrogen and oxygen atoms in total. The van der Waals surface area contributed by atoms with Crippen LogP contribution in [0.4, 0.5) is 0 Å². The Kier molecular flexibility index (Phi) is 5.82. The maximum absolute atomic E-state index is 13.5. The molecule has 4 aliphatic rings. The van der Waals surface area contributed by atoms with E-state index >= 15 is 0 Å². The van der Waals surface area contributed by atoms with Crippen LogP contribution in [-0.2, 0) is 16.1 Å². The first-order valence-electron chi connectivity index (χ1n) is 11.5. The summed E-state index contributed by atoms with van der Waals surface area (Å²) in [6.45, 7) is 4.48. The van der Waals surface area contributed by atoms with E-state index in [0.29, 0.717) is 24.3 Å². The molecule has 30 heavy (non-hydrogen) atoms. The fraction of sp³-hybridized carbons (Fsp3) is 0.680. The predicted octanol–water partition coefficient (Wildman–Crippen LogP) is 4.01. The van der Waals surface area contributed by atoms with E-state index in [1.54, 1.807) is 19.1 Å². The number of hydrogen-bond acceptors (Lipinski definition) is 3. The number of amides is 2. The van der Waals surface area contributed by atoms with E-state index in [4.69, 9.17) is 4.74 Å². The molecule has 4 saturated carbocycles. The van der Waals surface area contributed by atoms with Gasteiger partial charge in [-0.05, 0) is 68.3 Å². The number of methoxy groups -OCH3 is 1. The fourth-order valence-electron chi connectivity index (χ4n) is 6.60. The number of nitrogens with zero attached hydrogens (tertiary/aromatic N) is 1. The maximum atomic E-state index is 13.5. The molecule has 5 rings (SSSR count). The highest BCUT2D eigenvalue weighted by atomic mass is 16.5. The minimum atomic E-state index is -0.495. The zero-order valence-electron chi connectivity index (χ0n) is 18.8. The van der Waals surface area contributed by atoms with Crippen LogP contribution in [0.25, 0.3) is 0 Å². The number of benzene rings is 1. The highest BCUT2D eigenvalue weighted by molar-refractivity contribution is 5.90. The van der Waals surface area contributed by atoms with Crippen LogP contribution in [0.15, 0.2) is 24.3 Å². The Labute approximate surface area is 180 Å². The SMILES string of the molecule is COc1ccccc1CN(C)C(=O)[C@H](NC(=O)C12CC3CC(CC(C3)C1)C2)C(C)C. The zero-order valence-corrected chi connectivity index (χ0v) is 18.8. The summed E-state index contributed by atoms with van der Waals surface area (Å²) in [5.74, 6) is 3.04. The average molecular weight is 413 g/mol. The molecule has 0 spiro atoms. The van der Waals surface area contributed by atoms with E-state index in [1.165, 1.54) is 19.3 Å². The molecule has 0 heterocycles. The summed E-state index contributed by atoms with van der Waals surface area (Å²) >= 11 is 0. The molecule has 2 amide bonds. The third-order valence-corrected chi connectivity index (χ3v) is 7.72. The normalized spacial score (nSPS) is 30.2. The molecule has 0 saturated heterocycles. The molecule has 164 valence electrons. The Morgan fingerprint density at radius 3 is 2.20 bits per heavy atom. The Hall–Kier alpha value is -2.04. The molecule has 0 aromatic heterocycles. The molecular formula is C25H36N2O3. The van der Waals surface area contributed by atoms with Crippen molar-refractivity contribution in [2.75, 3.05) is 14.2 Å². The van der Waals surface area contributed by atoms with Gasteiger partial charge in [0.05, 0.1) is 7.11 Å². The van der Waals surface area contributed by atoms with Crippen molar-refractivity contribution in [3.8, 4) is 5.75 Å². The first-order valence-corrected chi connectivity index (χ1v) is 11.5. The zero-order chi connectivity index (χ0) is 21.5. The second-order valence-electron chi connectivity index (χ2n) is 10.4. The average Bonchev–Trinajstić information content (AvgIpc) is 2.70. The predicted molar refractivity (Wildman–Crippen MR) is 117 cm³/mol.